The molecule has 2 aromatic carbocycles. The maximum atomic E-state index is 13.0. The predicted octanol–water partition coefficient (Wildman–Crippen LogP) is 3.00. The van der Waals surface area contributed by atoms with Crippen molar-refractivity contribution >= 4 is 11.2 Å². The van der Waals surface area contributed by atoms with Crippen LogP contribution in [-0.4, -0.2) is 4.55 Å². The molecule has 0 saturated carbocycles. The Balaban J connectivity index is 2.35. The molecule has 0 radical (unpaired) electrons. The molecular formula is C13H7F2NOS. The largest absolute Gasteiger partial charge is 0.606 e. The van der Waals surface area contributed by atoms with E-state index < -0.39 is 22.8 Å². The molecule has 0 heterocycles. The van der Waals surface area contributed by atoms with Gasteiger partial charge in [0.2, 0.25) is 0 Å². The first-order valence-electron chi connectivity index (χ1n) is 4.98. The third kappa shape index (κ3) is 2.67. The lowest BCUT2D eigenvalue weighted by molar-refractivity contribution is 0.567. The molecule has 90 valence electrons. The molecule has 0 bridgehead atoms. The van der Waals surface area contributed by atoms with Crippen LogP contribution in [0.5, 0.6) is 0 Å². The molecule has 1 atom stereocenters. The fourth-order valence-electron chi connectivity index (χ4n) is 1.42. The van der Waals surface area contributed by atoms with Crippen molar-refractivity contribution in [2.75, 3.05) is 0 Å². The topological polar surface area (TPSA) is 46.8 Å². The lowest BCUT2D eigenvalue weighted by Gasteiger charge is -2.09. The molecule has 18 heavy (non-hydrogen) atoms. The van der Waals surface area contributed by atoms with Crippen LogP contribution in [0.2, 0.25) is 0 Å². The smallest absolute Gasteiger partial charge is 0.164 e. The van der Waals surface area contributed by atoms with Crippen molar-refractivity contribution in [2.45, 2.75) is 9.79 Å². The van der Waals surface area contributed by atoms with Crippen molar-refractivity contribution in [2.24, 2.45) is 0 Å². The Morgan fingerprint density at radius 1 is 0.944 bits per heavy atom. The van der Waals surface area contributed by atoms with Gasteiger partial charge in [0.25, 0.3) is 0 Å². The van der Waals surface area contributed by atoms with Crippen LogP contribution < -0.4 is 0 Å². The monoisotopic (exact) mass is 263 g/mol. The van der Waals surface area contributed by atoms with E-state index in [0.717, 1.165) is 18.2 Å². The second-order valence-corrected chi connectivity index (χ2v) is 4.99. The van der Waals surface area contributed by atoms with Crippen LogP contribution in [0.15, 0.2) is 52.3 Å². The number of benzene rings is 2. The zero-order valence-electron chi connectivity index (χ0n) is 9.06. The molecule has 0 amide bonds. The Bertz CT molecular complexity index is 587. The van der Waals surface area contributed by atoms with E-state index in [4.69, 9.17) is 5.26 Å². The standard InChI is InChI=1S/C13H7F2NOS/c14-10-5-11(15)7-13(6-10)18(17)12-3-1-9(8-16)2-4-12/h1-7H. The van der Waals surface area contributed by atoms with Gasteiger partial charge in [0, 0.05) is 29.4 Å². The summed E-state index contributed by atoms with van der Waals surface area (Å²) in [6.45, 7) is 0. The van der Waals surface area contributed by atoms with E-state index in [1.54, 1.807) is 0 Å². The Morgan fingerprint density at radius 3 is 2.00 bits per heavy atom. The lowest BCUT2D eigenvalue weighted by Crippen LogP contribution is -2.03. The van der Waals surface area contributed by atoms with Gasteiger partial charge in [-0.15, -0.1) is 0 Å². The van der Waals surface area contributed by atoms with Crippen LogP contribution in [0.3, 0.4) is 0 Å². The predicted molar refractivity (Wildman–Crippen MR) is 62.2 cm³/mol. The molecule has 0 saturated heterocycles. The third-order valence-electron chi connectivity index (χ3n) is 2.25. The zero-order chi connectivity index (χ0) is 13.1. The van der Waals surface area contributed by atoms with E-state index in [2.05, 4.69) is 0 Å². The summed E-state index contributed by atoms with van der Waals surface area (Å²) in [5.74, 6) is -1.54. The minimum atomic E-state index is -1.67. The molecule has 0 aromatic heterocycles. The maximum absolute atomic E-state index is 13.0. The summed E-state index contributed by atoms with van der Waals surface area (Å²) in [5.41, 5.74) is 0.432. The fourth-order valence-corrected chi connectivity index (χ4v) is 2.52. The Morgan fingerprint density at radius 2 is 1.50 bits per heavy atom. The molecule has 0 N–H and O–H groups in total. The molecule has 0 spiro atoms. The normalized spacial score (nSPS) is 11.9. The van der Waals surface area contributed by atoms with Crippen LogP contribution in [0.25, 0.3) is 0 Å². The number of hydrogen-bond acceptors (Lipinski definition) is 2. The van der Waals surface area contributed by atoms with Crippen molar-refractivity contribution in [3.8, 4) is 6.07 Å². The minimum absolute atomic E-state index is 0.0530. The van der Waals surface area contributed by atoms with Crippen LogP contribution in [0.1, 0.15) is 5.56 Å². The molecule has 5 heteroatoms. The average molecular weight is 263 g/mol. The Kier molecular flexibility index (Phi) is 3.60. The first-order valence-corrected chi connectivity index (χ1v) is 6.13. The molecule has 0 aliphatic rings. The minimum Gasteiger partial charge on any atom is -0.606 e. The number of nitriles is 1. The van der Waals surface area contributed by atoms with Crippen molar-refractivity contribution in [3.05, 3.63) is 59.7 Å². The third-order valence-corrected chi connectivity index (χ3v) is 3.61. The van der Waals surface area contributed by atoms with Gasteiger partial charge in [-0.1, -0.05) is 0 Å². The highest BCUT2D eigenvalue weighted by Crippen LogP contribution is 2.22. The van der Waals surface area contributed by atoms with Crippen LogP contribution in [0.4, 0.5) is 8.78 Å². The number of halogens is 2. The molecule has 2 aromatic rings. The second kappa shape index (κ2) is 5.17. The van der Waals surface area contributed by atoms with Gasteiger partial charge in [-0.3, -0.25) is 0 Å². The highest BCUT2D eigenvalue weighted by atomic mass is 32.2. The first kappa shape index (κ1) is 12.6. The summed E-state index contributed by atoms with van der Waals surface area (Å²) in [7, 11) is 0. The van der Waals surface area contributed by atoms with Crippen molar-refractivity contribution in [1.29, 1.82) is 5.26 Å². The highest BCUT2D eigenvalue weighted by Gasteiger charge is 2.17. The molecular weight excluding hydrogens is 256 g/mol. The van der Waals surface area contributed by atoms with Gasteiger partial charge in [0.1, 0.15) is 11.6 Å². The number of hydrogen-bond donors (Lipinski definition) is 0. The summed E-state index contributed by atoms with van der Waals surface area (Å²) < 4.78 is 38.1. The SMILES string of the molecule is N#Cc1ccc([S+]([O-])c2cc(F)cc(F)c2)cc1. The van der Waals surface area contributed by atoms with E-state index in [1.807, 2.05) is 6.07 Å². The van der Waals surface area contributed by atoms with Gasteiger partial charge in [0.15, 0.2) is 9.79 Å². The average Bonchev–Trinajstić information content (AvgIpc) is 2.37. The summed E-state index contributed by atoms with van der Waals surface area (Å²) in [6.07, 6.45) is 0. The Labute approximate surface area is 106 Å². The van der Waals surface area contributed by atoms with E-state index >= 15 is 0 Å². The lowest BCUT2D eigenvalue weighted by atomic mass is 10.2. The quantitative estimate of drug-likeness (QED) is 0.782. The van der Waals surface area contributed by atoms with Gasteiger partial charge in [-0.25, -0.2) is 8.78 Å². The first-order chi connectivity index (χ1) is 8.60. The van der Waals surface area contributed by atoms with Gasteiger partial charge in [-0.2, -0.15) is 5.26 Å². The summed E-state index contributed by atoms with van der Waals surface area (Å²) in [6, 6.07) is 10.7. The van der Waals surface area contributed by atoms with Gasteiger partial charge >= 0.3 is 0 Å². The van der Waals surface area contributed by atoms with Gasteiger partial charge < -0.3 is 4.55 Å². The fraction of sp³-hybridized carbons (Fsp3) is 0. The molecule has 0 aliphatic heterocycles. The number of rotatable bonds is 2. The molecule has 2 nitrogen and oxygen atoms in total. The summed E-state index contributed by atoms with van der Waals surface area (Å²) >= 11 is -1.67. The molecule has 1 unspecified atom stereocenters. The van der Waals surface area contributed by atoms with Crippen LogP contribution >= 0.6 is 0 Å². The molecule has 0 aliphatic carbocycles. The van der Waals surface area contributed by atoms with E-state index in [0.29, 0.717) is 10.5 Å². The second-order valence-electron chi connectivity index (χ2n) is 3.51. The van der Waals surface area contributed by atoms with Crippen LogP contribution in [0, 0.1) is 23.0 Å². The maximum Gasteiger partial charge on any atom is 0.164 e. The van der Waals surface area contributed by atoms with E-state index in [1.165, 1.54) is 24.3 Å². The zero-order valence-corrected chi connectivity index (χ0v) is 9.88. The van der Waals surface area contributed by atoms with E-state index in [9.17, 15) is 13.3 Å². The van der Waals surface area contributed by atoms with Crippen LogP contribution in [-0.2, 0) is 11.2 Å². The number of nitrogens with zero attached hydrogens (tertiary/aromatic N) is 1. The van der Waals surface area contributed by atoms with Crippen molar-refractivity contribution < 1.29 is 13.3 Å². The molecule has 0 fully saturated rings. The molecule has 2 rings (SSSR count). The summed E-state index contributed by atoms with van der Waals surface area (Å²) in [5, 5.41) is 8.63. The van der Waals surface area contributed by atoms with Crippen molar-refractivity contribution in [1.82, 2.24) is 0 Å². The van der Waals surface area contributed by atoms with Crippen molar-refractivity contribution in [3.63, 3.8) is 0 Å². The summed E-state index contributed by atoms with van der Waals surface area (Å²) in [4.78, 5) is 0.441. The van der Waals surface area contributed by atoms with E-state index in [-0.39, 0.29) is 4.90 Å². The van der Waals surface area contributed by atoms with Gasteiger partial charge in [-0.05, 0) is 24.3 Å². The Hall–Kier alpha value is -1.90. The van der Waals surface area contributed by atoms with Gasteiger partial charge in [0.05, 0.1) is 11.6 Å². The highest BCUT2D eigenvalue weighted by molar-refractivity contribution is 7.91.